The Morgan fingerprint density at radius 1 is 0.973 bits per heavy atom. The van der Waals surface area contributed by atoms with Crippen molar-refractivity contribution in [1.82, 2.24) is 9.80 Å². The Morgan fingerprint density at radius 3 is 2.00 bits per heavy atom. The Bertz CT molecular complexity index is 1110. The van der Waals surface area contributed by atoms with Crippen LogP contribution in [0.3, 0.4) is 0 Å². The van der Waals surface area contributed by atoms with Gasteiger partial charge in [0.1, 0.15) is 13.2 Å². The lowest BCUT2D eigenvalue weighted by atomic mass is 10.1. The van der Waals surface area contributed by atoms with Crippen molar-refractivity contribution in [2.45, 2.75) is 43.8 Å². The number of hydrogen-bond acceptors (Lipinski definition) is 9. The summed E-state index contributed by atoms with van der Waals surface area (Å²) in [6.45, 7) is 0.860. The topological polar surface area (TPSA) is 145 Å². The second-order valence-electron chi connectivity index (χ2n) is 8.72. The summed E-state index contributed by atoms with van der Waals surface area (Å²) in [5, 5.41) is 21.5. The van der Waals surface area contributed by atoms with E-state index >= 15 is 0 Å². The Hall–Kier alpha value is -3.87. The smallest absolute Gasteiger partial charge is 0.410 e. The van der Waals surface area contributed by atoms with Crippen LogP contribution in [0.4, 0.5) is 21.0 Å². The van der Waals surface area contributed by atoms with Crippen LogP contribution in [-0.4, -0.2) is 63.3 Å². The number of amides is 2. The van der Waals surface area contributed by atoms with Gasteiger partial charge in [-0.1, -0.05) is 0 Å². The molecule has 0 bridgehead atoms. The van der Waals surface area contributed by atoms with Gasteiger partial charge in [-0.05, 0) is 54.7 Å². The van der Waals surface area contributed by atoms with E-state index in [9.17, 15) is 29.8 Å². The van der Waals surface area contributed by atoms with Crippen LogP contribution in [0.1, 0.15) is 30.4 Å². The zero-order valence-electron chi connectivity index (χ0n) is 20.2. The molecule has 2 atom stereocenters. The Morgan fingerprint density at radius 2 is 1.49 bits per heavy atom. The molecule has 0 aliphatic carbocycles. The fraction of sp³-hybridized carbons (Fsp3) is 0.417. The highest BCUT2D eigenvalue weighted by atomic mass is 32.1. The molecule has 12 nitrogen and oxygen atoms in total. The molecule has 0 N–H and O–H groups in total. The molecular weight excluding hydrogens is 504 g/mol. The predicted octanol–water partition coefficient (Wildman–Crippen LogP) is 4.56. The van der Waals surface area contributed by atoms with Crippen LogP contribution in [0.15, 0.2) is 48.5 Å². The highest BCUT2D eigenvalue weighted by molar-refractivity contribution is 7.81. The molecule has 0 unspecified atom stereocenters. The number of thiol groups is 1. The fourth-order valence-electron chi connectivity index (χ4n) is 3.96. The summed E-state index contributed by atoms with van der Waals surface area (Å²) in [5.74, 6) is 0. The number of carbonyl (C=O) groups is 2. The fourth-order valence-corrected chi connectivity index (χ4v) is 4.37. The number of nitrogens with zero attached hydrogens (tertiary/aromatic N) is 4. The molecule has 2 aromatic carbocycles. The number of likely N-dealkylation sites (tertiary alicyclic amines) is 1. The third-order valence-electron chi connectivity index (χ3n) is 5.99. The summed E-state index contributed by atoms with van der Waals surface area (Å²) in [4.78, 5) is 48.5. The molecule has 0 spiro atoms. The van der Waals surface area contributed by atoms with Crippen LogP contribution >= 0.6 is 12.6 Å². The van der Waals surface area contributed by atoms with E-state index in [1.54, 1.807) is 24.1 Å². The molecule has 0 radical (unpaired) electrons. The number of nitro groups is 2. The summed E-state index contributed by atoms with van der Waals surface area (Å²) in [7, 11) is 1.62. The molecule has 0 aromatic heterocycles. The largest absolute Gasteiger partial charge is 0.445 e. The molecule has 1 saturated heterocycles. The lowest BCUT2D eigenvalue weighted by Gasteiger charge is -2.25. The van der Waals surface area contributed by atoms with E-state index in [1.165, 1.54) is 41.3 Å². The summed E-state index contributed by atoms with van der Waals surface area (Å²) >= 11 is 4.51. The van der Waals surface area contributed by atoms with Crippen molar-refractivity contribution in [3.63, 3.8) is 0 Å². The monoisotopic (exact) mass is 532 g/mol. The second-order valence-corrected chi connectivity index (χ2v) is 9.45. The summed E-state index contributed by atoms with van der Waals surface area (Å²) in [6.07, 6.45) is 0.973. The maximum absolute atomic E-state index is 12.7. The minimum Gasteiger partial charge on any atom is -0.445 e. The van der Waals surface area contributed by atoms with Crippen LogP contribution in [0.25, 0.3) is 0 Å². The molecule has 1 aliphatic rings. The lowest BCUT2D eigenvalue weighted by molar-refractivity contribution is -0.385. The van der Waals surface area contributed by atoms with Gasteiger partial charge >= 0.3 is 12.2 Å². The normalized spacial score (nSPS) is 16.8. The minimum atomic E-state index is -0.517. The number of hydrogen-bond donors (Lipinski definition) is 1. The van der Waals surface area contributed by atoms with Gasteiger partial charge in [-0.3, -0.25) is 20.2 Å². The predicted molar refractivity (Wildman–Crippen MR) is 136 cm³/mol. The van der Waals surface area contributed by atoms with Gasteiger partial charge < -0.3 is 19.3 Å². The molecule has 1 heterocycles. The maximum Gasteiger partial charge on any atom is 0.410 e. The number of rotatable bonds is 10. The average Bonchev–Trinajstić information content (AvgIpc) is 3.26. The van der Waals surface area contributed by atoms with Gasteiger partial charge in [0.2, 0.25) is 0 Å². The van der Waals surface area contributed by atoms with Gasteiger partial charge in [0, 0.05) is 55.7 Å². The molecule has 13 heteroatoms. The van der Waals surface area contributed by atoms with Crippen LogP contribution < -0.4 is 0 Å². The zero-order chi connectivity index (χ0) is 26.9. The first-order valence-electron chi connectivity index (χ1n) is 11.6. The number of nitro benzene ring substituents is 2. The molecule has 198 valence electrons. The van der Waals surface area contributed by atoms with Crippen molar-refractivity contribution in [2.24, 2.45) is 0 Å². The van der Waals surface area contributed by atoms with Gasteiger partial charge in [-0.2, -0.15) is 12.6 Å². The Labute approximate surface area is 218 Å². The van der Waals surface area contributed by atoms with Crippen LogP contribution in [0.5, 0.6) is 0 Å². The quantitative estimate of drug-likeness (QED) is 0.266. The lowest BCUT2D eigenvalue weighted by Crippen LogP contribution is -2.37. The molecule has 0 saturated carbocycles. The zero-order valence-corrected chi connectivity index (χ0v) is 21.1. The van der Waals surface area contributed by atoms with Crippen molar-refractivity contribution in [2.75, 3.05) is 20.1 Å². The minimum absolute atomic E-state index is 0.000491. The highest BCUT2D eigenvalue weighted by Gasteiger charge is 2.34. The Balaban J connectivity index is 1.41. The molecule has 1 aliphatic heterocycles. The van der Waals surface area contributed by atoms with Gasteiger partial charge in [0.05, 0.1) is 9.85 Å². The van der Waals surface area contributed by atoms with E-state index in [2.05, 4.69) is 12.6 Å². The van der Waals surface area contributed by atoms with E-state index in [1.807, 2.05) is 0 Å². The Kier molecular flexibility index (Phi) is 9.66. The van der Waals surface area contributed by atoms with Crippen LogP contribution in [0, 0.1) is 20.2 Å². The van der Waals surface area contributed by atoms with Gasteiger partial charge in [-0.25, -0.2) is 9.59 Å². The van der Waals surface area contributed by atoms with Crippen LogP contribution in [0.2, 0.25) is 0 Å². The highest BCUT2D eigenvalue weighted by Crippen LogP contribution is 2.26. The van der Waals surface area contributed by atoms with Gasteiger partial charge in [-0.15, -0.1) is 0 Å². The van der Waals surface area contributed by atoms with Crippen molar-refractivity contribution in [1.29, 1.82) is 0 Å². The second kappa shape index (κ2) is 12.9. The number of benzene rings is 2. The maximum atomic E-state index is 12.7. The molecule has 2 aromatic rings. The van der Waals surface area contributed by atoms with E-state index in [0.29, 0.717) is 43.5 Å². The first-order valence-corrected chi connectivity index (χ1v) is 12.1. The molecule has 3 rings (SSSR count). The van der Waals surface area contributed by atoms with Crippen molar-refractivity contribution in [3.05, 3.63) is 79.9 Å². The number of non-ortho nitro benzene ring substituents is 2. The first-order chi connectivity index (χ1) is 17.6. The van der Waals surface area contributed by atoms with Crippen molar-refractivity contribution >= 4 is 36.2 Å². The molecule has 1 fully saturated rings. The first kappa shape index (κ1) is 27.7. The average molecular weight is 533 g/mol. The van der Waals surface area contributed by atoms with Gasteiger partial charge in [0.25, 0.3) is 11.4 Å². The molecule has 37 heavy (non-hydrogen) atoms. The summed E-state index contributed by atoms with van der Waals surface area (Å²) in [5.41, 5.74) is 1.21. The molecular formula is C24H28N4O8S. The standard InChI is InChI=1S/C24H28N4O8S/c1-25(23(29)35-15-17-4-8-19(9-5-17)27(31)32)12-2-3-21-13-22(37)14-26(21)24(30)36-16-18-6-10-20(11-7-18)28(33)34/h4-11,21-22,37H,2-3,12-16H2,1H3/t21-,22+/m1/s1. The van der Waals surface area contributed by atoms with Crippen LogP contribution in [-0.2, 0) is 22.7 Å². The third kappa shape index (κ3) is 8.07. The van der Waals surface area contributed by atoms with Crippen molar-refractivity contribution in [3.8, 4) is 0 Å². The van der Waals surface area contributed by atoms with Gasteiger partial charge in [0.15, 0.2) is 0 Å². The summed E-state index contributed by atoms with van der Waals surface area (Å²) in [6, 6.07) is 11.5. The number of carbonyl (C=O) groups excluding carboxylic acids is 2. The van der Waals surface area contributed by atoms with E-state index in [4.69, 9.17) is 9.47 Å². The van der Waals surface area contributed by atoms with Crippen molar-refractivity contribution < 1.29 is 28.9 Å². The number of ether oxygens (including phenoxy) is 2. The van der Waals surface area contributed by atoms with E-state index in [-0.39, 0.29) is 35.9 Å². The summed E-state index contributed by atoms with van der Waals surface area (Å²) < 4.78 is 10.7. The van der Waals surface area contributed by atoms with E-state index < -0.39 is 22.0 Å². The molecule has 2 amide bonds. The SMILES string of the molecule is CN(CCC[C@@H]1C[C@H](S)CN1C(=O)OCc1ccc([N+](=O)[O-])cc1)C(=O)OCc1ccc([N+](=O)[O-])cc1. The van der Waals surface area contributed by atoms with E-state index in [0.717, 1.165) is 0 Å². The third-order valence-corrected chi connectivity index (χ3v) is 6.36.